The van der Waals surface area contributed by atoms with E-state index in [9.17, 15) is 9.59 Å². The van der Waals surface area contributed by atoms with Crippen LogP contribution in [0.4, 0.5) is 0 Å². The zero-order valence-corrected chi connectivity index (χ0v) is 15.1. The predicted molar refractivity (Wildman–Crippen MR) is 105 cm³/mol. The molecule has 0 heterocycles. The first-order chi connectivity index (χ1) is 13.6. The number of nitrogens with zero attached hydrogens (tertiary/aromatic N) is 1. The van der Waals surface area contributed by atoms with Crippen LogP contribution in [0.15, 0.2) is 65.8 Å². The summed E-state index contributed by atoms with van der Waals surface area (Å²) < 4.78 is 10.4. The molecule has 0 fully saturated rings. The summed E-state index contributed by atoms with van der Waals surface area (Å²) >= 11 is 0. The van der Waals surface area contributed by atoms with Crippen LogP contribution < -0.4 is 14.9 Å². The first kappa shape index (κ1) is 18.9. The van der Waals surface area contributed by atoms with Crippen molar-refractivity contribution in [2.45, 2.75) is 0 Å². The van der Waals surface area contributed by atoms with Crippen LogP contribution in [0.5, 0.6) is 11.5 Å². The van der Waals surface area contributed by atoms with Gasteiger partial charge in [-0.15, -0.1) is 0 Å². The Morgan fingerprint density at radius 2 is 1.75 bits per heavy atom. The molecule has 0 aliphatic rings. The fourth-order valence-corrected chi connectivity index (χ4v) is 2.59. The first-order valence-corrected chi connectivity index (χ1v) is 8.41. The zero-order valence-electron chi connectivity index (χ0n) is 15.1. The predicted octanol–water partition coefficient (Wildman–Crippen LogP) is 3.08. The van der Waals surface area contributed by atoms with Gasteiger partial charge < -0.3 is 14.6 Å². The Morgan fingerprint density at radius 1 is 1.07 bits per heavy atom. The number of carbonyl (C=O) groups is 2. The van der Waals surface area contributed by atoms with Gasteiger partial charge >= 0.3 is 5.97 Å². The number of methoxy groups -OCH3 is 1. The topological polar surface area (TPSA) is 97.2 Å². The van der Waals surface area contributed by atoms with Crippen LogP contribution in [0.2, 0.25) is 0 Å². The van der Waals surface area contributed by atoms with Gasteiger partial charge in [-0.3, -0.25) is 4.79 Å². The van der Waals surface area contributed by atoms with Gasteiger partial charge in [0.2, 0.25) is 0 Å². The molecule has 28 heavy (non-hydrogen) atoms. The van der Waals surface area contributed by atoms with Gasteiger partial charge in [0.05, 0.1) is 18.9 Å². The first-order valence-electron chi connectivity index (χ1n) is 8.41. The molecule has 0 aliphatic carbocycles. The summed E-state index contributed by atoms with van der Waals surface area (Å²) in [5.41, 5.74) is 3.58. The number of fused-ring (bicyclic) bond motifs is 1. The second-order valence-corrected chi connectivity index (χ2v) is 5.85. The maximum Gasteiger partial charge on any atom is 0.341 e. The highest BCUT2D eigenvalue weighted by Crippen LogP contribution is 2.25. The van der Waals surface area contributed by atoms with E-state index in [1.807, 2.05) is 30.3 Å². The molecule has 7 heteroatoms. The third-order valence-corrected chi connectivity index (χ3v) is 3.93. The molecule has 7 nitrogen and oxygen atoms in total. The van der Waals surface area contributed by atoms with Gasteiger partial charge in [0.1, 0.15) is 11.5 Å². The molecule has 142 valence electrons. The van der Waals surface area contributed by atoms with Crippen molar-refractivity contribution in [1.82, 2.24) is 5.43 Å². The largest absolute Gasteiger partial charge is 0.496 e. The number of hydrazone groups is 1. The van der Waals surface area contributed by atoms with E-state index in [2.05, 4.69) is 10.5 Å². The van der Waals surface area contributed by atoms with Crippen LogP contribution in [0, 0.1) is 0 Å². The van der Waals surface area contributed by atoms with Crippen molar-refractivity contribution in [2.75, 3.05) is 13.7 Å². The van der Waals surface area contributed by atoms with Gasteiger partial charge in [-0.05, 0) is 52.7 Å². The molecule has 0 radical (unpaired) electrons. The second kappa shape index (κ2) is 8.68. The molecule has 0 aliphatic heterocycles. The second-order valence-electron chi connectivity index (χ2n) is 5.85. The summed E-state index contributed by atoms with van der Waals surface area (Å²) in [5.74, 6) is -0.534. The molecule has 0 spiro atoms. The minimum Gasteiger partial charge on any atom is -0.496 e. The molecule has 3 aromatic rings. The molecular weight excluding hydrogens is 360 g/mol. The van der Waals surface area contributed by atoms with E-state index in [1.165, 1.54) is 13.3 Å². The Kier molecular flexibility index (Phi) is 5.86. The Balaban J connectivity index is 1.68. The lowest BCUT2D eigenvalue weighted by atomic mass is 10.1. The summed E-state index contributed by atoms with van der Waals surface area (Å²) in [4.78, 5) is 23.0. The molecule has 3 aromatic carbocycles. The molecule has 0 aromatic heterocycles. The SMILES string of the molecule is COc1cc2ccccc2cc1C(=O)N/N=C\c1ccc(OCC(=O)O)cc1. The van der Waals surface area contributed by atoms with Crippen molar-refractivity contribution in [3.05, 3.63) is 71.8 Å². The molecule has 0 saturated heterocycles. The van der Waals surface area contributed by atoms with Crippen LogP contribution in [-0.2, 0) is 4.79 Å². The molecule has 0 atom stereocenters. The highest BCUT2D eigenvalue weighted by molar-refractivity contribution is 6.01. The maximum atomic E-state index is 12.5. The molecule has 0 bridgehead atoms. The number of nitrogens with one attached hydrogen (secondary N) is 1. The number of ether oxygens (including phenoxy) is 2. The van der Waals surface area contributed by atoms with Crippen LogP contribution in [0.3, 0.4) is 0 Å². The lowest BCUT2D eigenvalue weighted by Gasteiger charge is -2.09. The molecular formula is C21H18N2O5. The van der Waals surface area contributed by atoms with E-state index in [4.69, 9.17) is 14.6 Å². The Hall–Kier alpha value is -3.87. The average molecular weight is 378 g/mol. The van der Waals surface area contributed by atoms with E-state index >= 15 is 0 Å². The molecule has 0 unspecified atom stereocenters. The Bertz CT molecular complexity index is 1030. The van der Waals surface area contributed by atoms with Gasteiger partial charge in [0.25, 0.3) is 5.91 Å². The van der Waals surface area contributed by atoms with Crippen molar-refractivity contribution in [1.29, 1.82) is 0 Å². The Labute approximate surface area is 161 Å². The van der Waals surface area contributed by atoms with Crippen molar-refractivity contribution >= 4 is 28.9 Å². The summed E-state index contributed by atoms with van der Waals surface area (Å²) in [6.45, 7) is -0.406. The molecule has 3 rings (SSSR count). The van der Waals surface area contributed by atoms with E-state index in [0.717, 1.165) is 10.8 Å². The average Bonchev–Trinajstić information content (AvgIpc) is 2.72. The standard InChI is InChI=1S/C21H18N2O5/c1-27-19-11-16-5-3-2-4-15(16)10-18(19)21(26)23-22-12-14-6-8-17(9-7-14)28-13-20(24)25/h2-12H,13H2,1H3,(H,23,26)(H,24,25)/b22-12-. The number of hydrogen-bond acceptors (Lipinski definition) is 5. The summed E-state index contributed by atoms with van der Waals surface area (Å²) in [6.07, 6.45) is 1.48. The third kappa shape index (κ3) is 4.64. The fourth-order valence-electron chi connectivity index (χ4n) is 2.59. The summed E-state index contributed by atoms with van der Waals surface area (Å²) in [7, 11) is 1.51. The highest BCUT2D eigenvalue weighted by Gasteiger charge is 2.13. The van der Waals surface area contributed by atoms with Crippen molar-refractivity contribution in [2.24, 2.45) is 5.10 Å². The van der Waals surface area contributed by atoms with E-state index in [1.54, 1.807) is 30.3 Å². The van der Waals surface area contributed by atoms with Crippen molar-refractivity contribution < 1.29 is 24.2 Å². The normalized spacial score (nSPS) is 10.8. The summed E-state index contributed by atoms with van der Waals surface area (Å²) in [6, 6.07) is 17.9. The maximum absolute atomic E-state index is 12.5. The van der Waals surface area contributed by atoms with Gasteiger partial charge in [-0.1, -0.05) is 24.3 Å². The van der Waals surface area contributed by atoms with Gasteiger partial charge in [0, 0.05) is 0 Å². The number of rotatable bonds is 7. The number of carbonyl (C=O) groups excluding carboxylic acids is 1. The molecule has 1 amide bonds. The van der Waals surface area contributed by atoms with Crippen LogP contribution in [0.1, 0.15) is 15.9 Å². The highest BCUT2D eigenvalue weighted by atomic mass is 16.5. The number of amides is 1. The van der Waals surface area contributed by atoms with Crippen LogP contribution in [-0.4, -0.2) is 36.9 Å². The van der Waals surface area contributed by atoms with Gasteiger partial charge in [-0.25, -0.2) is 10.2 Å². The lowest BCUT2D eigenvalue weighted by molar-refractivity contribution is -0.139. The monoisotopic (exact) mass is 378 g/mol. The van der Waals surface area contributed by atoms with Gasteiger partial charge in [0.15, 0.2) is 6.61 Å². The molecule has 0 saturated carbocycles. The van der Waals surface area contributed by atoms with Gasteiger partial charge in [-0.2, -0.15) is 5.10 Å². The van der Waals surface area contributed by atoms with Crippen LogP contribution >= 0.6 is 0 Å². The van der Waals surface area contributed by atoms with Crippen molar-refractivity contribution in [3.63, 3.8) is 0 Å². The third-order valence-electron chi connectivity index (χ3n) is 3.93. The van der Waals surface area contributed by atoms with E-state index in [-0.39, 0.29) is 5.91 Å². The number of carboxylic acids is 1. The number of benzene rings is 3. The van der Waals surface area contributed by atoms with Crippen LogP contribution in [0.25, 0.3) is 10.8 Å². The summed E-state index contributed by atoms with van der Waals surface area (Å²) in [5, 5.41) is 14.5. The smallest absolute Gasteiger partial charge is 0.341 e. The minimum absolute atomic E-state index is 0.385. The number of aliphatic carboxylic acids is 1. The zero-order chi connectivity index (χ0) is 19.9. The van der Waals surface area contributed by atoms with Crippen molar-refractivity contribution in [3.8, 4) is 11.5 Å². The number of carboxylic acid groups (broad SMARTS) is 1. The van der Waals surface area contributed by atoms with E-state index in [0.29, 0.717) is 22.6 Å². The number of hydrogen-bond donors (Lipinski definition) is 2. The fraction of sp³-hybridized carbons (Fsp3) is 0.0952. The minimum atomic E-state index is -1.04. The lowest BCUT2D eigenvalue weighted by Crippen LogP contribution is -2.18. The quantitative estimate of drug-likeness (QED) is 0.486. The molecule has 2 N–H and O–H groups in total. The van der Waals surface area contributed by atoms with E-state index < -0.39 is 12.6 Å². The Morgan fingerprint density at radius 3 is 2.39 bits per heavy atom.